The highest BCUT2D eigenvalue weighted by atomic mass is 16.5. The number of aliphatic hydroxyl groups excluding tert-OH is 1. The zero-order valence-corrected chi connectivity index (χ0v) is 9.73. The highest BCUT2D eigenvalue weighted by Gasteiger charge is 2.38. The molecule has 0 aliphatic carbocycles. The van der Waals surface area contributed by atoms with Crippen molar-refractivity contribution in [1.29, 1.82) is 0 Å². The number of fused-ring (bicyclic) bond motifs is 1. The van der Waals surface area contributed by atoms with Crippen molar-refractivity contribution in [3.8, 4) is 0 Å². The first-order valence-electron chi connectivity index (χ1n) is 5.93. The van der Waals surface area contributed by atoms with Crippen LogP contribution in [0.1, 0.15) is 23.3 Å². The third-order valence-electron chi connectivity index (χ3n) is 3.27. The molecule has 2 N–H and O–H groups in total. The molecule has 18 heavy (non-hydrogen) atoms. The Labute approximate surface area is 106 Å². The highest BCUT2D eigenvalue weighted by molar-refractivity contribution is 6.61. The average Bonchev–Trinajstić information content (AvgIpc) is 2.77. The van der Waals surface area contributed by atoms with Gasteiger partial charge in [-0.2, -0.15) is 0 Å². The largest absolute Gasteiger partial charge is 0.492 e. The van der Waals surface area contributed by atoms with Crippen LogP contribution in [-0.4, -0.2) is 17.2 Å². The van der Waals surface area contributed by atoms with Gasteiger partial charge in [0.25, 0.3) is 0 Å². The van der Waals surface area contributed by atoms with Gasteiger partial charge in [-0.05, 0) is 16.6 Å². The summed E-state index contributed by atoms with van der Waals surface area (Å²) in [4.78, 5) is 0. The summed E-state index contributed by atoms with van der Waals surface area (Å²) >= 11 is 0. The normalized spacial score (nSPS) is 19.7. The molecule has 1 aliphatic heterocycles. The van der Waals surface area contributed by atoms with Crippen molar-refractivity contribution in [3.05, 3.63) is 65.7 Å². The predicted molar refractivity (Wildman–Crippen MR) is 69.3 cm³/mol. The van der Waals surface area contributed by atoms with Crippen LogP contribution in [0.3, 0.4) is 0 Å². The summed E-state index contributed by atoms with van der Waals surface area (Å²) in [5, 5.41) is 20.2. The van der Waals surface area contributed by atoms with Crippen molar-refractivity contribution < 1.29 is 14.8 Å². The van der Waals surface area contributed by atoms with Crippen LogP contribution in [0, 0.1) is 0 Å². The first-order chi connectivity index (χ1) is 8.77. The van der Waals surface area contributed by atoms with Crippen LogP contribution < -0.4 is 5.46 Å². The highest BCUT2D eigenvalue weighted by Crippen LogP contribution is 2.34. The molecule has 0 saturated heterocycles. The summed E-state index contributed by atoms with van der Waals surface area (Å²) in [6.07, 6.45) is -1.29. The molecule has 0 radical (unpaired) electrons. The van der Waals surface area contributed by atoms with Gasteiger partial charge in [0.05, 0.1) is 6.10 Å². The Morgan fingerprint density at radius 1 is 1.00 bits per heavy atom. The topological polar surface area (TPSA) is 49.7 Å². The molecule has 4 heteroatoms. The summed E-state index contributed by atoms with van der Waals surface area (Å²) in [7, 11) is -0.954. The first kappa shape index (κ1) is 11.5. The smallest absolute Gasteiger partial charge is 0.423 e. The molecule has 0 amide bonds. The van der Waals surface area contributed by atoms with Crippen LogP contribution in [0.5, 0.6) is 0 Å². The fraction of sp³-hybridized carbons (Fsp3) is 0.143. The Morgan fingerprint density at radius 3 is 2.44 bits per heavy atom. The van der Waals surface area contributed by atoms with E-state index in [-0.39, 0.29) is 0 Å². The molecule has 3 rings (SSSR count). The summed E-state index contributed by atoms with van der Waals surface area (Å²) < 4.78 is 5.45. The Kier molecular flexibility index (Phi) is 2.92. The van der Waals surface area contributed by atoms with E-state index in [0.717, 1.165) is 16.6 Å². The fourth-order valence-electron chi connectivity index (χ4n) is 2.35. The van der Waals surface area contributed by atoms with Crippen molar-refractivity contribution in [2.75, 3.05) is 0 Å². The van der Waals surface area contributed by atoms with Crippen molar-refractivity contribution in [2.24, 2.45) is 0 Å². The zero-order chi connectivity index (χ0) is 12.5. The molecule has 3 nitrogen and oxygen atoms in total. The number of benzene rings is 2. The minimum Gasteiger partial charge on any atom is -0.423 e. The summed E-state index contributed by atoms with van der Waals surface area (Å²) in [5.74, 6) is 0. The molecule has 1 heterocycles. The molecular formula is C14H13BO3. The molecule has 2 aromatic carbocycles. The Balaban J connectivity index is 1.96. The number of hydrogen-bond acceptors (Lipinski definition) is 3. The van der Waals surface area contributed by atoms with Gasteiger partial charge < -0.3 is 14.8 Å². The molecule has 2 aromatic rings. The summed E-state index contributed by atoms with van der Waals surface area (Å²) in [6.45, 7) is 0. The van der Waals surface area contributed by atoms with Gasteiger partial charge in [0.15, 0.2) is 0 Å². The van der Waals surface area contributed by atoms with Crippen LogP contribution >= 0.6 is 0 Å². The van der Waals surface area contributed by atoms with Crippen LogP contribution in [0.2, 0.25) is 0 Å². The van der Waals surface area contributed by atoms with E-state index >= 15 is 0 Å². The molecule has 0 spiro atoms. The van der Waals surface area contributed by atoms with E-state index in [1.54, 1.807) is 0 Å². The van der Waals surface area contributed by atoms with Crippen LogP contribution in [0.15, 0.2) is 54.6 Å². The van der Waals surface area contributed by atoms with E-state index < -0.39 is 19.3 Å². The molecule has 2 atom stereocenters. The molecule has 90 valence electrons. The molecule has 1 aliphatic rings. The van der Waals surface area contributed by atoms with Crippen molar-refractivity contribution in [2.45, 2.75) is 12.2 Å². The Bertz CT molecular complexity index is 544. The van der Waals surface area contributed by atoms with E-state index in [9.17, 15) is 10.1 Å². The molecule has 0 bridgehead atoms. The van der Waals surface area contributed by atoms with E-state index in [1.807, 2.05) is 54.6 Å². The Morgan fingerprint density at radius 2 is 1.67 bits per heavy atom. The maximum Gasteiger partial charge on any atom is 0.492 e. The van der Waals surface area contributed by atoms with Crippen LogP contribution in [0.25, 0.3) is 0 Å². The van der Waals surface area contributed by atoms with Gasteiger partial charge in [0.1, 0.15) is 6.10 Å². The van der Waals surface area contributed by atoms with Gasteiger partial charge >= 0.3 is 7.12 Å². The lowest BCUT2D eigenvalue weighted by Crippen LogP contribution is -2.27. The van der Waals surface area contributed by atoms with Crippen molar-refractivity contribution >= 4 is 12.6 Å². The van der Waals surface area contributed by atoms with Gasteiger partial charge in [0.2, 0.25) is 0 Å². The number of hydrogen-bond donors (Lipinski definition) is 2. The van der Waals surface area contributed by atoms with Gasteiger partial charge in [0, 0.05) is 0 Å². The van der Waals surface area contributed by atoms with Gasteiger partial charge in [-0.3, -0.25) is 0 Å². The second kappa shape index (κ2) is 4.57. The van der Waals surface area contributed by atoms with E-state index in [4.69, 9.17) is 4.65 Å². The molecule has 0 saturated carbocycles. The predicted octanol–water partition coefficient (Wildman–Crippen LogP) is 1.18. The van der Waals surface area contributed by atoms with Crippen molar-refractivity contribution in [1.82, 2.24) is 0 Å². The van der Waals surface area contributed by atoms with Crippen LogP contribution in [-0.2, 0) is 4.65 Å². The second-order valence-corrected chi connectivity index (χ2v) is 4.39. The molecule has 0 aromatic heterocycles. The maximum atomic E-state index is 10.3. The third-order valence-corrected chi connectivity index (χ3v) is 3.27. The lowest BCUT2D eigenvalue weighted by atomic mass is 9.79. The third kappa shape index (κ3) is 1.84. The molecule has 0 fully saturated rings. The monoisotopic (exact) mass is 240 g/mol. The first-order valence-corrected chi connectivity index (χ1v) is 5.93. The SMILES string of the molecule is OB1OC(C(O)c2ccccc2)c2ccccc21. The van der Waals surface area contributed by atoms with Crippen molar-refractivity contribution in [3.63, 3.8) is 0 Å². The molecular weight excluding hydrogens is 227 g/mol. The minimum atomic E-state index is -0.954. The lowest BCUT2D eigenvalue weighted by Gasteiger charge is -2.19. The number of aliphatic hydroxyl groups is 1. The molecule has 2 unspecified atom stereocenters. The van der Waals surface area contributed by atoms with Crippen LogP contribution in [0.4, 0.5) is 0 Å². The quantitative estimate of drug-likeness (QED) is 0.775. The summed E-state index contributed by atoms with van der Waals surface area (Å²) in [6, 6.07) is 16.8. The van der Waals surface area contributed by atoms with Gasteiger partial charge in [-0.15, -0.1) is 0 Å². The van der Waals surface area contributed by atoms with E-state index in [1.165, 1.54) is 0 Å². The standard InChI is InChI=1S/C14H13BO3/c16-13(10-6-2-1-3-7-10)14-11-8-4-5-9-12(11)15(17)18-14/h1-9,13-14,16-17H. The minimum absolute atomic E-state index is 0.515. The zero-order valence-electron chi connectivity index (χ0n) is 9.73. The van der Waals surface area contributed by atoms with E-state index in [0.29, 0.717) is 0 Å². The summed E-state index contributed by atoms with van der Waals surface area (Å²) in [5.41, 5.74) is 2.37. The lowest BCUT2D eigenvalue weighted by molar-refractivity contribution is 0.0316. The Hall–Kier alpha value is -1.62. The second-order valence-electron chi connectivity index (χ2n) is 4.39. The average molecular weight is 240 g/mol. The fourth-order valence-corrected chi connectivity index (χ4v) is 2.35. The number of rotatable bonds is 2. The van der Waals surface area contributed by atoms with E-state index in [2.05, 4.69) is 0 Å². The van der Waals surface area contributed by atoms with Gasteiger partial charge in [-0.1, -0.05) is 54.6 Å². The maximum absolute atomic E-state index is 10.3. The van der Waals surface area contributed by atoms with Gasteiger partial charge in [-0.25, -0.2) is 0 Å².